The predicted molar refractivity (Wildman–Crippen MR) is 126 cm³/mol. The van der Waals surface area contributed by atoms with Crippen molar-refractivity contribution < 1.29 is 4.79 Å². The molecule has 0 spiro atoms. The highest BCUT2D eigenvalue weighted by molar-refractivity contribution is 14.0. The lowest BCUT2D eigenvalue weighted by atomic mass is 10.1. The number of likely N-dealkylation sites (tertiary alicyclic amines) is 1. The summed E-state index contributed by atoms with van der Waals surface area (Å²) in [6, 6.07) is 6.68. The van der Waals surface area contributed by atoms with Crippen LogP contribution >= 0.6 is 39.9 Å². The van der Waals surface area contributed by atoms with Crippen molar-refractivity contribution in [1.29, 1.82) is 0 Å². The molecule has 1 aromatic carbocycles. The minimum Gasteiger partial charge on any atom is -0.358 e. The molecule has 1 aliphatic rings. The fourth-order valence-electron chi connectivity index (χ4n) is 3.03. The highest BCUT2D eigenvalue weighted by Gasteiger charge is 2.21. The van der Waals surface area contributed by atoms with Gasteiger partial charge in [0.05, 0.1) is 13.1 Å². The molecule has 1 heterocycles. The number of aryl methyl sites for hydroxylation is 1. The van der Waals surface area contributed by atoms with Crippen LogP contribution in [0.5, 0.6) is 0 Å². The third kappa shape index (κ3) is 8.35. The first-order valence-electron chi connectivity index (χ1n) is 9.24. The number of rotatable bonds is 6. The first-order chi connectivity index (χ1) is 12.5. The van der Waals surface area contributed by atoms with Gasteiger partial charge in [0.25, 0.3) is 0 Å². The molecule has 3 N–H and O–H groups in total. The Labute approximate surface area is 188 Å². The second kappa shape index (κ2) is 12.6. The van der Waals surface area contributed by atoms with E-state index < -0.39 is 0 Å². The molecule has 8 heteroatoms. The molecule has 1 saturated heterocycles. The highest BCUT2D eigenvalue weighted by Crippen LogP contribution is 2.16. The van der Waals surface area contributed by atoms with Gasteiger partial charge >= 0.3 is 0 Å². The van der Waals surface area contributed by atoms with Gasteiger partial charge in [-0.3, -0.25) is 9.69 Å². The lowest BCUT2D eigenvalue weighted by molar-refractivity contribution is -0.122. The van der Waals surface area contributed by atoms with Gasteiger partial charge in [-0.25, -0.2) is 4.99 Å². The largest absolute Gasteiger partial charge is 0.358 e. The van der Waals surface area contributed by atoms with Crippen molar-refractivity contribution in [3.05, 3.63) is 33.8 Å². The smallest absolute Gasteiger partial charge is 0.233 e. The van der Waals surface area contributed by atoms with Crippen LogP contribution in [-0.4, -0.2) is 56.0 Å². The number of carbonyl (C=O) groups is 1. The zero-order valence-electron chi connectivity index (χ0n) is 16.3. The molecule has 2 rings (SSSR count). The number of guanidine groups is 1. The highest BCUT2D eigenvalue weighted by atomic mass is 127. The zero-order chi connectivity index (χ0) is 18.9. The van der Waals surface area contributed by atoms with Gasteiger partial charge in [-0.15, -0.1) is 24.0 Å². The minimum absolute atomic E-state index is 0. The van der Waals surface area contributed by atoms with Crippen LogP contribution in [0.2, 0.25) is 0 Å². The van der Waals surface area contributed by atoms with E-state index in [4.69, 9.17) is 4.99 Å². The molecule has 152 valence electrons. The summed E-state index contributed by atoms with van der Waals surface area (Å²) in [6.45, 7) is 8.02. The number of carbonyl (C=O) groups excluding carboxylic acids is 1. The average molecular weight is 552 g/mol. The maximum atomic E-state index is 11.5. The molecule has 0 atom stereocenters. The number of amides is 1. The third-order valence-corrected chi connectivity index (χ3v) is 5.12. The van der Waals surface area contributed by atoms with E-state index in [1.54, 1.807) is 7.05 Å². The van der Waals surface area contributed by atoms with Crippen LogP contribution < -0.4 is 16.0 Å². The maximum absolute atomic E-state index is 11.5. The van der Waals surface area contributed by atoms with Crippen molar-refractivity contribution >= 4 is 51.8 Å². The van der Waals surface area contributed by atoms with Crippen molar-refractivity contribution in [1.82, 2.24) is 20.9 Å². The summed E-state index contributed by atoms with van der Waals surface area (Å²) >= 11 is 3.50. The standard InChI is InChI=1S/C19H30BrN5O.HI/c1-4-22-19(23-12-15-5-6-16(20)11-14(15)2)24-17-7-9-25(10-8-17)13-18(26)21-3;/h5-6,11,17H,4,7-10,12-13H2,1-3H3,(H,21,26)(H2,22,23,24);1H. The molecule has 0 unspecified atom stereocenters. The van der Waals surface area contributed by atoms with E-state index in [-0.39, 0.29) is 29.9 Å². The molecule has 0 radical (unpaired) electrons. The average Bonchev–Trinajstić information content (AvgIpc) is 2.62. The Bertz CT molecular complexity index is 633. The molecule has 6 nitrogen and oxygen atoms in total. The predicted octanol–water partition coefficient (Wildman–Crippen LogP) is 2.64. The number of nitrogens with zero attached hydrogens (tertiary/aromatic N) is 2. The summed E-state index contributed by atoms with van der Waals surface area (Å²) in [6.07, 6.45) is 2.03. The Hall–Kier alpha value is -0.870. The van der Waals surface area contributed by atoms with E-state index in [1.165, 1.54) is 11.1 Å². The van der Waals surface area contributed by atoms with Gasteiger partial charge in [-0.2, -0.15) is 0 Å². The fraction of sp³-hybridized carbons (Fsp3) is 0.579. The summed E-state index contributed by atoms with van der Waals surface area (Å²) in [4.78, 5) is 18.4. The van der Waals surface area contributed by atoms with Crippen LogP contribution in [0.1, 0.15) is 30.9 Å². The van der Waals surface area contributed by atoms with Gasteiger partial charge in [-0.1, -0.05) is 22.0 Å². The molecule has 1 aliphatic heterocycles. The van der Waals surface area contributed by atoms with E-state index in [9.17, 15) is 4.79 Å². The van der Waals surface area contributed by atoms with Gasteiger partial charge < -0.3 is 16.0 Å². The van der Waals surface area contributed by atoms with E-state index in [1.807, 2.05) is 0 Å². The number of nitrogens with one attached hydrogen (secondary N) is 3. The molecule has 0 aromatic heterocycles. The lowest BCUT2D eigenvalue weighted by Crippen LogP contribution is -2.50. The Morgan fingerprint density at radius 1 is 1.33 bits per heavy atom. The SMILES string of the molecule is CCNC(=NCc1ccc(Br)cc1C)NC1CCN(CC(=O)NC)CC1.I. The van der Waals surface area contributed by atoms with Crippen molar-refractivity contribution in [3.63, 3.8) is 0 Å². The van der Waals surface area contributed by atoms with Crippen LogP contribution in [0.25, 0.3) is 0 Å². The van der Waals surface area contributed by atoms with Gasteiger partial charge in [0.2, 0.25) is 5.91 Å². The van der Waals surface area contributed by atoms with Crippen molar-refractivity contribution in [3.8, 4) is 0 Å². The van der Waals surface area contributed by atoms with E-state index in [2.05, 4.69) is 68.8 Å². The number of hydrogen-bond donors (Lipinski definition) is 3. The van der Waals surface area contributed by atoms with Crippen LogP contribution in [-0.2, 0) is 11.3 Å². The maximum Gasteiger partial charge on any atom is 0.233 e. The summed E-state index contributed by atoms with van der Waals surface area (Å²) in [5.41, 5.74) is 2.47. The first kappa shape index (κ1) is 24.2. The molecule has 1 fully saturated rings. The summed E-state index contributed by atoms with van der Waals surface area (Å²) in [7, 11) is 1.68. The van der Waals surface area contributed by atoms with Gasteiger partial charge in [0.15, 0.2) is 5.96 Å². The number of halogens is 2. The first-order valence-corrected chi connectivity index (χ1v) is 10.0. The number of aliphatic imine (C=N–C) groups is 1. The Morgan fingerprint density at radius 2 is 2.04 bits per heavy atom. The Morgan fingerprint density at radius 3 is 2.63 bits per heavy atom. The quantitative estimate of drug-likeness (QED) is 0.289. The van der Waals surface area contributed by atoms with Gasteiger partial charge in [0.1, 0.15) is 0 Å². The molecule has 0 bridgehead atoms. The minimum atomic E-state index is 0. The summed E-state index contributed by atoms with van der Waals surface area (Å²) in [5.74, 6) is 0.941. The van der Waals surface area contributed by atoms with Crippen molar-refractivity contribution in [2.45, 2.75) is 39.3 Å². The van der Waals surface area contributed by atoms with Crippen LogP contribution in [0, 0.1) is 6.92 Å². The molecule has 0 saturated carbocycles. The van der Waals surface area contributed by atoms with E-state index in [0.717, 1.165) is 42.9 Å². The Balaban J connectivity index is 0.00000364. The number of likely N-dealkylation sites (N-methyl/N-ethyl adjacent to an activating group) is 1. The molecular formula is C19H31BrIN5O. The van der Waals surface area contributed by atoms with Crippen LogP contribution in [0.4, 0.5) is 0 Å². The summed E-state index contributed by atoms with van der Waals surface area (Å²) in [5, 5.41) is 9.57. The molecular weight excluding hydrogens is 521 g/mol. The molecule has 27 heavy (non-hydrogen) atoms. The lowest BCUT2D eigenvalue weighted by Gasteiger charge is -2.32. The van der Waals surface area contributed by atoms with E-state index >= 15 is 0 Å². The van der Waals surface area contributed by atoms with Gasteiger partial charge in [0, 0.05) is 37.2 Å². The van der Waals surface area contributed by atoms with E-state index in [0.29, 0.717) is 19.1 Å². The number of hydrogen-bond acceptors (Lipinski definition) is 3. The van der Waals surface area contributed by atoms with Gasteiger partial charge in [-0.05, 0) is 49.9 Å². The van der Waals surface area contributed by atoms with Crippen molar-refractivity contribution in [2.75, 3.05) is 33.2 Å². The number of benzene rings is 1. The topological polar surface area (TPSA) is 68.8 Å². The van der Waals surface area contributed by atoms with Crippen LogP contribution in [0.3, 0.4) is 0 Å². The normalized spacial score (nSPS) is 15.8. The zero-order valence-corrected chi connectivity index (χ0v) is 20.3. The second-order valence-electron chi connectivity index (χ2n) is 6.63. The third-order valence-electron chi connectivity index (χ3n) is 4.63. The summed E-state index contributed by atoms with van der Waals surface area (Å²) < 4.78 is 1.09. The second-order valence-corrected chi connectivity index (χ2v) is 7.55. The molecule has 1 aromatic rings. The molecule has 1 amide bonds. The van der Waals surface area contributed by atoms with Crippen molar-refractivity contribution in [2.24, 2.45) is 4.99 Å². The molecule has 0 aliphatic carbocycles. The monoisotopic (exact) mass is 551 g/mol. The van der Waals surface area contributed by atoms with Crippen LogP contribution in [0.15, 0.2) is 27.7 Å². The Kier molecular flexibility index (Phi) is 11.2. The fourth-order valence-corrected chi connectivity index (χ4v) is 3.51. The number of piperidine rings is 1.